The molecule has 2 aliphatic rings. The highest BCUT2D eigenvalue weighted by Crippen LogP contribution is 2.22. The Bertz CT molecular complexity index is 938. The summed E-state index contributed by atoms with van der Waals surface area (Å²) in [4.78, 5) is 40.7. The second kappa shape index (κ2) is 7.78. The van der Waals surface area contributed by atoms with Gasteiger partial charge in [-0.05, 0) is 30.3 Å². The van der Waals surface area contributed by atoms with Crippen LogP contribution in [0.25, 0.3) is 0 Å². The third-order valence-corrected chi connectivity index (χ3v) is 5.25. The van der Waals surface area contributed by atoms with E-state index in [9.17, 15) is 19.7 Å². The molecule has 3 amide bonds. The first-order chi connectivity index (χ1) is 14.0. The number of nitro benzene ring substituents is 1. The van der Waals surface area contributed by atoms with Crippen LogP contribution in [0.15, 0.2) is 48.5 Å². The van der Waals surface area contributed by atoms with Gasteiger partial charge in [-0.15, -0.1) is 0 Å². The van der Waals surface area contributed by atoms with Crippen LogP contribution in [-0.2, 0) is 0 Å². The Kier molecular flexibility index (Phi) is 5.03. The lowest BCUT2D eigenvalue weighted by atomic mass is 10.1. The number of carbonyl (C=O) groups excluding carboxylic acids is 2. The molecule has 4 rings (SSSR count). The molecule has 2 aromatic carbocycles. The van der Waals surface area contributed by atoms with Crippen LogP contribution in [0.1, 0.15) is 10.4 Å². The van der Waals surface area contributed by atoms with Crippen LogP contribution < -0.4 is 15.1 Å². The van der Waals surface area contributed by atoms with Crippen molar-refractivity contribution in [3.63, 3.8) is 0 Å². The van der Waals surface area contributed by atoms with E-state index in [4.69, 9.17) is 0 Å². The molecule has 0 saturated carbocycles. The summed E-state index contributed by atoms with van der Waals surface area (Å²) in [6.07, 6.45) is 0. The summed E-state index contributed by atoms with van der Waals surface area (Å²) >= 11 is 0. The number of carbonyl (C=O) groups is 2. The number of hydrogen-bond donors (Lipinski definition) is 1. The molecule has 0 bridgehead atoms. The Morgan fingerprint density at radius 1 is 0.966 bits per heavy atom. The Labute approximate surface area is 167 Å². The van der Waals surface area contributed by atoms with E-state index in [1.165, 1.54) is 12.1 Å². The number of non-ortho nitro benzene ring substituents is 1. The van der Waals surface area contributed by atoms with Gasteiger partial charge in [0.25, 0.3) is 11.6 Å². The monoisotopic (exact) mass is 395 g/mol. The van der Waals surface area contributed by atoms with Crippen molar-refractivity contribution in [3.8, 4) is 0 Å². The molecule has 2 aliphatic heterocycles. The zero-order chi connectivity index (χ0) is 20.4. The maximum Gasteiger partial charge on any atom is 0.321 e. The van der Waals surface area contributed by atoms with Gasteiger partial charge in [0.2, 0.25) is 0 Å². The van der Waals surface area contributed by atoms with Crippen LogP contribution in [0.4, 0.5) is 21.9 Å². The lowest BCUT2D eigenvalue weighted by molar-refractivity contribution is -0.384. The summed E-state index contributed by atoms with van der Waals surface area (Å²) in [5.41, 5.74) is 2.25. The molecule has 150 valence electrons. The lowest BCUT2D eigenvalue weighted by Gasteiger charge is -2.36. The zero-order valence-electron chi connectivity index (χ0n) is 15.8. The molecular weight excluding hydrogens is 374 g/mol. The number of hydrogen-bond acceptors (Lipinski definition) is 5. The summed E-state index contributed by atoms with van der Waals surface area (Å²) in [5.74, 6) is -0.0604. The molecule has 2 fully saturated rings. The van der Waals surface area contributed by atoms with E-state index >= 15 is 0 Å². The molecule has 9 nitrogen and oxygen atoms in total. The summed E-state index contributed by atoms with van der Waals surface area (Å²) in [6.45, 7) is 3.61. The normalized spacial score (nSPS) is 16.7. The first kappa shape index (κ1) is 18.7. The highest BCUT2D eigenvalue weighted by molar-refractivity contribution is 5.98. The topological polar surface area (TPSA) is 99.0 Å². The smallest absolute Gasteiger partial charge is 0.321 e. The minimum Gasteiger partial charge on any atom is -0.368 e. The van der Waals surface area contributed by atoms with Gasteiger partial charge in [-0.25, -0.2) is 4.79 Å². The fourth-order valence-electron chi connectivity index (χ4n) is 3.66. The van der Waals surface area contributed by atoms with Crippen molar-refractivity contribution in [2.45, 2.75) is 0 Å². The van der Waals surface area contributed by atoms with Gasteiger partial charge >= 0.3 is 6.03 Å². The number of rotatable bonds is 4. The van der Waals surface area contributed by atoms with E-state index in [0.29, 0.717) is 44.8 Å². The van der Waals surface area contributed by atoms with Gasteiger partial charge in [-0.3, -0.25) is 19.8 Å². The zero-order valence-corrected chi connectivity index (χ0v) is 15.8. The molecule has 29 heavy (non-hydrogen) atoms. The molecule has 0 unspecified atom stereocenters. The SMILES string of the molecule is O=C(c1cccc(N2CCNC2=O)c1)N1CCN(c2ccc([N+](=O)[O-])cc2)CC1. The number of amides is 3. The fraction of sp³-hybridized carbons (Fsp3) is 0.300. The number of nitrogens with one attached hydrogen (secondary N) is 1. The molecule has 0 aliphatic carbocycles. The van der Waals surface area contributed by atoms with Crippen molar-refractivity contribution in [1.29, 1.82) is 0 Å². The van der Waals surface area contributed by atoms with Crippen molar-refractivity contribution in [2.24, 2.45) is 0 Å². The first-order valence-electron chi connectivity index (χ1n) is 9.47. The van der Waals surface area contributed by atoms with E-state index in [-0.39, 0.29) is 17.6 Å². The second-order valence-corrected chi connectivity index (χ2v) is 6.99. The van der Waals surface area contributed by atoms with E-state index in [1.807, 2.05) is 6.07 Å². The van der Waals surface area contributed by atoms with Crippen molar-refractivity contribution in [3.05, 3.63) is 64.2 Å². The molecule has 2 heterocycles. The standard InChI is InChI=1S/C20H21N5O4/c26-19(15-2-1-3-18(14-15)24-9-8-21-20(24)27)23-12-10-22(11-13-23)16-4-6-17(7-5-16)25(28)29/h1-7,14H,8-13H2,(H,21,27). The van der Waals surface area contributed by atoms with Gasteiger partial charge in [0.05, 0.1) is 4.92 Å². The average Bonchev–Trinajstić information content (AvgIpc) is 3.19. The van der Waals surface area contributed by atoms with Crippen molar-refractivity contribution in [2.75, 3.05) is 49.1 Å². The number of nitro groups is 1. The maximum absolute atomic E-state index is 12.9. The minimum atomic E-state index is -0.416. The third-order valence-electron chi connectivity index (χ3n) is 5.25. The Balaban J connectivity index is 1.40. The third kappa shape index (κ3) is 3.84. The molecule has 9 heteroatoms. The highest BCUT2D eigenvalue weighted by Gasteiger charge is 2.25. The Hall–Kier alpha value is -3.62. The predicted molar refractivity (Wildman–Crippen MR) is 108 cm³/mol. The Morgan fingerprint density at radius 3 is 2.31 bits per heavy atom. The summed E-state index contributed by atoms with van der Waals surface area (Å²) in [6, 6.07) is 13.5. The number of anilines is 2. The molecule has 0 atom stereocenters. The number of urea groups is 1. The molecule has 2 saturated heterocycles. The molecular formula is C20H21N5O4. The van der Waals surface area contributed by atoms with Crippen LogP contribution in [0.2, 0.25) is 0 Å². The minimum absolute atomic E-state index is 0.0604. The van der Waals surface area contributed by atoms with E-state index in [2.05, 4.69) is 10.2 Å². The quantitative estimate of drug-likeness (QED) is 0.631. The van der Waals surface area contributed by atoms with E-state index < -0.39 is 4.92 Å². The second-order valence-electron chi connectivity index (χ2n) is 6.99. The van der Waals surface area contributed by atoms with Crippen LogP contribution in [0, 0.1) is 10.1 Å². The van der Waals surface area contributed by atoms with Gasteiger partial charge < -0.3 is 15.1 Å². The van der Waals surface area contributed by atoms with Crippen molar-refractivity contribution < 1.29 is 14.5 Å². The molecule has 0 radical (unpaired) electrons. The van der Waals surface area contributed by atoms with Crippen molar-refractivity contribution in [1.82, 2.24) is 10.2 Å². The van der Waals surface area contributed by atoms with Crippen LogP contribution in [-0.4, -0.2) is 61.0 Å². The molecule has 0 spiro atoms. The van der Waals surface area contributed by atoms with Crippen LogP contribution in [0.5, 0.6) is 0 Å². The number of nitrogens with zero attached hydrogens (tertiary/aromatic N) is 4. The van der Waals surface area contributed by atoms with Gasteiger partial charge in [0.15, 0.2) is 0 Å². The number of benzene rings is 2. The summed E-state index contributed by atoms with van der Waals surface area (Å²) in [5, 5.41) is 13.5. The molecule has 0 aromatic heterocycles. The van der Waals surface area contributed by atoms with Crippen LogP contribution in [0.3, 0.4) is 0 Å². The highest BCUT2D eigenvalue weighted by atomic mass is 16.6. The van der Waals surface area contributed by atoms with E-state index in [1.54, 1.807) is 40.1 Å². The lowest BCUT2D eigenvalue weighted by Crippen LogP contribution is -2.48. The first-order valence-corrected chi connectivity index (χ1v) is 9.47. The van der Waals surface area contributed by atoms with Gasteiger partial charge in [0.1, 0.15) is 0 Å². The Morgan fingerprint density at radius 2 is 1.69 bits per heavy atom. The van der Waals surface area contributed by atoms with Crippen LogP contribution >= 0.6 is 0 Å². The molecule has 1 N–H and O–H groups in total. The maximum atomic E-state index is 12.9. The number of piperazine rings is 1. The van der Waals surface area contributed by atoms with Gasteiger partial charge in [-0.1, -0.05) is 6.07 Å². The predicted octanol–water partition coefficient (Wildman–Crippen LogP) is 2.09. The van der Waals surface area contributed by atoms with Gasteiger partial charge in [0, 0.05) is 68.3 Å². The molecule has 2 aromatic rings. The largest absolute Gasteiger partial charge is 0.368 e. The summed E-state index contributed by atoms with van der Waals surface area (Å²) < 4.78 is 0. The average molecular weight is 395 g/mol. The van der Waals surface area contributed by atoms with Gasteiger partial charge in [-0.2, -0.15) is 0 Å². The van der Waals surface area contributed by atoms with Crippen molar-refractivity contribution >= 4 is 29.0 Å². The fourth-order valence-corrected chi connectivity index (χ4v) is 3.66. The summed E-state index contributed by atoms with van der Waals surface area (Å²) in [7, 11) is 0. The van der Waals surface area contributed by atoms with E-state index in [0.717, 1.165) is 11.4 Å².